The van der Waals surface area contributed by atoms with Crippen molar-refractivity contribution in [3.8, 4) is 0 Å². The quantitative estimate of drug-likeness (QED) is 0.683. The van der Waals surface area contributed by atoms with Crippen molar-refractivity contribution in [2.75, 3.05) is 13.6 Å². The highest BCUT2D eigenvalue weighted by Crippen LogP contribution is 2.01. The number of hydrogen-bond donors (Lipinski definition) is 2. The summed E-state index contributed by atoms with van der Waals surface area (Å²) in [5, 5.41) is 2.55. The van der Waals surface area contributed by atoms with Crippen molar-refractivity contribution in [2.45, 2.75) is 6.42 Å². The number of hydrogen-bond acceptors (Lipinski definition) is 3. The van der Waals surface area contributed by atoms with Crippen LogP contribution in [0, 0.1) is 0 Å². The molecule has 1 aromatic rings. The third-order valence-corrected chi connectivity index (χ3v) is 1.71. The van der Waals surface area contributed by atoms with E-state index in [-0.39, 0.29) is 5.91 Å². The molecule has 0 aromatic carbocycles. The Morgan fingerprint density at radius 1 is 1.69 bits per heavy atom. The van der Waals surface area contributed by atoms with Crippen molar-refractivity contribution in [3.63, 3.8) is 0 Å². The van der Waals surface area contributed by atoms with E-state index in [0.717, 1.165) is 5.69 Å². The highest BCUT2D eigenvalue weighted by atomic mass is 16.1. The maximum absolute atomic E-state index is 11.2. The predicted octanol–water partition coefficient (Wildman–Crippen LogP) is -0.0576. The predicted molar refractivity (Wildman–Crippen MR) is 50.4 cm³/mol. The molecule has 13 heavy (non-hydrogen) atoms. The van der Waals surface area contributed by atoms with Gasteiger partial charge < -0.3 is 11.1 Å². The van der Waals surface area contributed by atoms with Gasteiger partial charge in [0, 0.05) is 30.9 Å². The van der Waals surface area contributed by atoms with Gasteiger partial charge >= 0.3 is 0 Å². The lowest BCUT2D eigenvalue weighted by Gasteiger charge is -2.01. The summed E-state index contributed by atoms with van der Waals surface area (Å²) < 4.78 is 0. The first kappa shape index (κ1) is 9.67. The van der Waals surface area contributed by atoms with Crippen molar-refractivity contribution >= 4 is 5.91 Å². The van der Waals surface area contributed by atoms with Gasteiger partial charge in [0.1, 0.15) is 0 Å². The molecule has 0 saturated heterocycles. The zero-order valence-corrected chi connectivity index (χ0v) is 7.58. The van der Waals surface area contributed by atoms with Crippen LogP contribution in [-0.4, -0.2) is 24.5 Å². The Morgan fingerprint density at radius 3 is 3.08 bits per heavy atom. The van der Waals surface area contributed by atoms with E-state index in [9.17, 15) is 4.79 Å². The minimum Gasteiger partial charge on any atom is -0.355 e. The van der Waals surface area contributed by atoms with E-state index < -0.39 is 0 Å². The number of nitrogens with zero attached hydrogens (tertiary/aromatic N) is 1. The number of nitrogens with two attached hydrogens (primary N) is 1. The van der Waals surface area contributed by atoms with Crippen LogP contribution >= 0.6 is 0 Å². The van der Waals surface area contributed by atoms with Gasteiger partial charge in [0.25, 0.3) is 5.91 Å². The van der Waals surface area contributed by atoms with Gasteiger partial charge in [0.2, 0.25) is 0 Å². The third-order valence-electron chi connectivity index (χ3n) is 1.71. The fourth-order valence-electron chi connectivity index (χ4n) is 1.05. The molecular weight excluding hydrogens is 166 g/mol. The fourth-order valence-corrected chi connectivity index (χ4v) is 1.05. The first-order valence-electron chi connectivity index (χ1n) is 4.15. The maximum atomic E-state index is 11.2. The Kier molecular flexibility index (Phi) is 3.40. The van der Waals surface area contributed by atoms with E-state index in [1.54, 1.807) is 25.4 Å². The summed E-state index contributed by atoms with van der Waals surface area (Å²) >= 11 is 0. The van der Waals surface area contributed by atoms with Crippen molar-refractivity contribution in [1.82, 2.24) is 10.3 Å². The molecular formula is C9H13N3O. The molecule has 70 valence electrons. The van der Waals surface area contributed by atoms with E-state index in [2.05, 4.69) is 10.3 Å². The first-order valence-corrected chi connectivity index (χ1v) is 4.15. The van der Waals surface area contributed by atoms with E-state index >= 15 is 0 Å². The number of amides is 1. The third kappa shape index (κ3) is 2.52. The SMILES string of the molecule is CNC(=O)c1ccnc(CCN)c1. The molecule has 4 heteroatoms. The van der Waals surface area contributed by atoms with Gasteiger partial charge in [-0.05, 0) is 18.7 Å². The van der Waals surface area contributed by atoms with Gasteiger partial charge in [-0.1, -0.05) is 0 Å². The zero-order valence-electron chi connectivity index (χ0n) is 7.58. The van der Waals surface area contributed by atoms with Crippen molar-refractivity contribution in [3.05, 3.63) is 29.6 Å². The molecule has 1 amide bonds. The highest BCUT2D eigenvalue weighted by Gasteiger charge is 2.03. The lowest BCUT2D eigenvalue weighted by Crippen LogP contribution is -2.18. The molecule has 0 bridgehead atoms. The van der Waals surface area contributed by atoms with Gasteiger partial charge in [-0.25, -0.2) is 0 Å². The van der Waals surface area contributed by atoms with Crippen LogP contribution in [0.4, 0.5) is 0 Å². The molecule has 0 atom stereocenters. The Balaban J connectivity index is 2.85. The second-order valence-electron chi connectivity index (χ2n) is 2.65. The standard InChI is InChI=1S/C9H13N3O/c1-11-9(13)7-3-5-12-8(6-7)2-4-10/h3,5-6H,2,4,10H2,1H3,(H,11,13). The van der Waals surface area contributed by atoms with Crippen molar-refractivity contribution in [1.29, 1.82) is 0 Å². The Morgan fingerprint density at radius 2 is 2.46 bits per heavy atom. The Labute approximate surface area is 77.2 Å². The minimum absolute atomic E-state index is 0.0966. The van der Waals surface area contributed by atoms with Gasteiger partial charge in [-0.15, -0.1) is 0 Å². The fraction of sp³-hybridized carbons (Fsp3) is 0.333. The number of aromatic nitrogens is 1. The van der Waals surface area contributed by atoms with Gasteiger partial charge in [-0.2, -0.15) is 0 Å². The zero-order chi connectivity index (χ0) is 9.68. The molecule has 1 heterocycles. The maximum Gasteiger partial charge on any atom is 0.251 e. The van der Waals surface area contributed by atoms with Crippen molar-refractivity contribution in [2.24, 2.45) is 5.73 Å². The molecule has 0 aliphatic rings. The monoisotopic (exact) mass is 179 g/mol. The normalized spacial score (nSPS) is 9.69. The van der Waals surface area contributed by atoms with Crippen LogP contribution in [-0.2, 0) is 6.42 Å². The van der Waals surface area contributed by atoms with Crippen LogP contribution in [0.25, 0.3) is 0 Å². The van der Waals surface area contributed by atoms with Gasteiger partial charge in [0.05, 0.1) is 0 Å². The minimum atomic E-state index is -0.0966. The second-order valence-corrected chi connectivity index (χ2v) is 2.65. The average Bonchev–Trinajstić information content (AvgIpc) is 2.18. The molecule has 0 fully saturated rings. The highest BCUT2D eigenvalue weighted by molar-refractivity contribution is 5.93. The van der Waals surface area contributed by atoms with Crippen LogP contribution in [0.15, 0.2) is 18.3 Å². The molecule has 3 N–H and O–H groups in total. The largest absolute Gasteiger partial charge is 0.355 e. The van der Waals surface area contributed by atoms with E-state index in [1.165, 1.54) is 0 Å². The summed E-state index contributed by atoms with van der Waals surface area (Å²) in [6, 6.07) is 3.44. The van der Waals surface area contributed by atoms with Crippen molar-refractivity contribution < 1.29 is 4.79 Å². The van der Waals surface area contributed by atoms with Crippen LogP contribution < -0.4 is 11.1 Å². The number of nitrogens with one attached hydrogen (secondary N) is 1. The summed E-state index contributed by atoms with van der Waals surface area (Å²) in [7, 11) is 1.60. The average molecular weight is 179 g/mol. The molecule has 1 rings (SSSR count). The summed E-state index contributed by atoms with van der Waals surface area (Å²) in [5.41, 5.74) is 6.86. The molecule has 0 spiro atoms. The Hall–Kier alpha value is -1.42. The molecule has 1 aromatic heterocycles. The van der Waals surface area contributed by atoms with E-state index in [4.69, 9.17) is 5.73 Å². The van der Waals surface area contributed by atoms with Crippen LogP contribution in [0.5, 0.6) is 0 Å². The first-order chi connectivity index (χ1) is 6.27. The van der Waals surface area contributed by atoms with Crippen LogP contribution in [0.2, 0.25) is 0 Å². The summed E-state index contributed by atoms with van der Waals surface area (Å²) in [4.78, 5) is 15.3. The Bertz CT molecular complexity index is 299. The van der Waals surface area contributed by atoms with Crippen LogP contribution in [0.1, 0.15) is 16.1 Å². The summed E-state index contributed by atoms with van der Waals surface area (Å²) in [6.45, 7) is 0.546. The number of rotatable bonds is 3. The molecule has 4 nitrogen and oxygen atoms in total. The van der Waals surface area contributed by atoms with Gasteiger partial charge in [0.15, 0.2) is 0 Å². The van der Waals surface area contributed by atoms with Crippen LogP contribution in [0.3, 0.4) is 0 Å². The lowest BCUT2D eigenvalue weighted by atomic mass is 10.2. The molecule has 0 saturated carbocycles. The lowest BCUT2D eigenvalue weighted by molar-refractivity contribution is 0.0963. The van der Waals surface area contributed by atoms with Gasteiger partial charge in [-0.3, -0.25) is 9.78 Å². The second kappa shape index (κ2) is 4.57. The van der Waals surface area contributed by atoms with E-state index in [1.807, 2.05) is 0 Å². The van der Waals surface area contributed by atoms with E-state index in [0.29, 0.717) is 18.5 Å². The molecule has 0 aliphatic carbocycles. The number of carbonyl (C=O) groups excluding carboxylic acids is 1. The molecule has 0 radical (unpaired) electrons. The topological polar surface area (TPSA) is 68.0 Å². The summed E-state index contributed by atoms with van der Waals surface area (Å²) in [5.74, 6) is -0.0966. The summed E-state index contributed by atoms with van der Waals surface area (Å²) in [6.07, 6.45) is 2.32. The number of carbonyl (C=O) groups is 1. The number of pyridine rings is 1. The molecule has 0 aliphatic heterocycles. The smallest absolute Gasteiger partial charge is 0.251 e. The molecule has 0 unspecified atom stereocenters.